The molecule has 0 saturated heterocycles. The van der Waals surface area contributed by atoms with Gasteiger partial charge in [-0.05, 0) is 6.92 Å². The molecule has 0 aromatic carbocycles. The molecule has 1 atom stereocenters. The van der Waals surface area contributed by atoms with Crippen molar-refractivity contribution in [2.45, 2.75) is 19.1 Å². The number of halogens is 3. The first-order valence-corrected chi connectivity index (χ1v) is 3.29. The van der Waals surface area contributed by atoms with E-state index >= 15 is 0 Å². The summed E-state index contributed by atoms with van der Waals surface area (Å²) in [5, 5.41) is 0. The minimum atomic E-state index is -4.37. The molecule has 3 nitrogen and oxygen atoms in total. The zero-order chi connectivity index (χ0) is 9.35. The molecule has 0 bridgehead atoms. The molecule has 0 aliphatic carbocycles. The van der Waals surface area contributed by atoms with Gasteiger partial charge in [0.25, 0.3) is 0 Å². The van der Waals surface area contributed by atoms with Crippen LogP contribution < -0.4 is 5.73 Å². The smallest absolute Gasteiger partial charge is 0.337 e. The second-order valence-electron chi connectivity index (χ2n) is 2.47. The summed E-state index contributed by atoms with van der Waals surface area (Å²) in [5.74, 6) is 0.141. The van der Waals surface area contributed by atoms with Crippen molar-refractivity contribution in [1.29, 1.82) is 0 Å². The Hall–Kier alpha value is -1.04. The molecule has 0 radical (unpaired) electrons. The maximum Gasteiger partial charge on any atom is 0.432 e. The van der Waals surface area contributed by atoms with Crippen molar-refractivity contribution in [1.82, 2.24) is 9.97 Å². The highest BCUT2D eigenvalue weighted by atomic mass is 19.4. The predicted octanol–water partition coefficient (Wildman–Crippen LogP) is 1.45. The number of hydrogen-bond acceptors (Lipinski definition) is 2. The summed E-state index contributed by atoms with van der Waals surface area (Å²) in [6, 6.07) is -0.513. The molecule has 0 fully saturated rings. The topological polar surface area (TPSA) is 54.7 Å². The number of nitrogens with two attached hydrogens (primary N) is 1. The first-order chi connectivity index (χ1) is 5.41. The number of alkyl halides is 3. The molecule has 12 heavy (non-hydrogen) atoms. The summed E-state index contributed by atoms with van der Waals surface area (Å²) in [5.41, 5.74) is 4.44. The Morgan fingerprint density at radius 1 is 1.58 bits per heavy atom. The van der Waals surface area contributed by atoms with Crippen molar-refractivity contribution < 1.29 is 13.2 Å². The Kier molecular flexibility index (Phi) is 2.10. The highest BCUT2D eigenvalue weighted by molar-refractivity contribution is 5.06. The van der Waals surface area contributed by atoms with Crippen LogP contribution in [-0.2, 0) is 6.18 Å². The molecule has 68 valence electrons. The van der Waals surface area contributed by atoms with Crippen LogP contribution in [0.4, 0.5) is 13.2 Å². The Bertz CT molecular complexity index is 263. The summed E-state index contributed by atoms with van der Waals surface area (Å²) in [6.07, 6.45) is -3.64. The number of hydrogen-bond donors (Lipinski definition) is 2. The molecule has 0 amide bonds. The molecular weight excluding hydrogens is 171 g/mol. The van der Waals surface area contributed by atoms with Crippen LogP contribution in [0.3, 0.4) is 0 Å². The van der Waals surface area contributed by atoms with E-state index in [4.69, 9.17) is 5.73 Å². The molecule has 0 aliphatic heterocycles. The van der Waals surface area contributed by atoms with Crippen LogP contribution in [0.25, 0.3) is 0 Å². The van der Waals surface area contributed by atoms with Crippen molar-refractivity contribution in [3.8, 4) is 0 Å². The van der Waals surface area contributed by atoms with E-state index in [0.29, 0.717) is 0 Å². The molecule has 1 rings (SSSR count). The average Bonchev–Trinajstić information content (AvgIpc) is 2.30. The van der Waals surface area contributed by atoms with Crippen molar-refractivity contribution in [2.75, 3.05) is 0 Å². The van der Waals surface area contributed by atoms with Gasteiger partial charge < -0.3 is 10.7 Å². The van der Waals surface area contributed by atoms with Crippen LogP contribution in [0.15, 0.2) is 6.20 Å². The number of nitrogens with zero attached hydrogens (tertiary/aromatic N) is 1. The van der Waals surface area contributed by atoms with Crippen molar-refractivity contribution >= 4 is 0 Å². The number of rotatable bonds is 1. The third kappa shape index (κ3) is 1.76. The third-order valence-electron chi connectivity index (χ3n) is 1.33. The number of nitrogens with one attached hydrogen (secondary N) is 1. The monoisotopic (exact) mass is 179 g/mol. The molecule has 1 heterocycles. The SMILES string of the molecule is CC(N)c1ncc(C(F)(F)F)[nH]1. The highest BCUT2D eigenvalue weighted by Gasteiger charge is 2.33. The second-order valence-corrected chi connectivity index (χ2v) is 2.47. The summed E-state index contributed by atoms with van der Waals surface area (Å²) >= 11 is 0. The lowest BCUT2D eigenvalue weighted by Crippen LogP contribution is -2.09. The number of H-pyrrole nitrogens is 1. The van der Waals surface area contributed by atoms with Gasteiger partial charge in [0, 0.05) is 0 Å². The first kappa shape index (κ1) is 9.05. The van der Waals surface area contributed by atoms with Gasteiger partial charge in [-0.3, -0.25) is 0 Å². The zero-order valence-corrected chi connectivity index (χ0v) is 6.31. The van der Waals surface area contributed by atoms with Crippen molar-refractivity contribution in [2.24, 2.45) is 5.73 Å². The average molecular weight is 179 g/mol. The largest absolute Gasteiger partial charge is 0.432 e. The Morgan fingerprint density at radius 2 is 2.17 bits per heavy atom. The number of aromatic amines is 1. The van der Waals surface area contributed by atoms with Gasteiger partial charge in [-0.1, -0.05) is 0 Å². The van der Waals surface area contributed by atoms with E-state index in [2.05, 4.69) is 9.97 Å². The predicted molar refractivity (Wildman–Crippen MR) is 36.2 cm³/mol. The fraction of sp³-hybridized carbons (Fsp3) is 0.500. The lowest BCUT2D eigenvalue weighted by Gasteiger charge is -2.02. The summed E-state index contributed by atoms with van der Waals surface area (Å²) in [6.45, 7) is 1.55. The number of imidazole rings is 1. The van der Waals surface area contributed by atoms with E-state index in [1.807, 2.05) is 0 Å². The molecule has 0 aliphatic rings. The van der Waals surface area contributed by atoms with Gasteiger partial charge in [-0.25, -0.2) is 4.98 Å². The summed E-state index contributed by atoms with van der Waals surface area (Å²) in [7, 11) is 0. The molecular formula is C6H8F3N3. The van der Waals surface area contributed by atoms with E-state index in [-0.39, 0.29) is 5.82 Å². The Balaban J connectivity index is 2.92. The summed E-state index contributed by atoms with van der Waals surface area (Å²) in [4.78, 5) is 5.57. The zero-order valence-electron chi connectivity index (χ0n) is 6.31. The van der Waals surface area contributed by atoms with Crippen LogP contribution in [-0.4, -0.2) is 9.97 Å². The standard InChI is InChI=1S/C6H8F3N3/c1-3(10)5-11-2-4(12-5)6(7,8)9/h2-3H,10H2,1H3,(H,11,12). The molecule has 6 heteroatoms. The first-order valence-electron chi connectivity index (χ1n) is 3.29. The van der Waals surface area contributed by atoms with Gasteiger partial charge in [0.2, 0.25) is 0 Å². The molecule has 1 aromatic rings. The van der Waals surface area contributed by atoms with E-state index in [1.54, 1.807) is 6.92 Å². The fourth-order valence-corrected chi connectivity index (χ4v) is 0.712. The molecule has 0 spiro atoms. The molecule has 0 saturated carbocycles. The number of aromatic nitrogens is 2. The van der Waals surface area contributed by atoms with Crippen LogP contribution in [0, 0.1) is 0 Å². The minimum Gasteiger partial charge on any atom is -0.337 e. The van der Waals surface area contributed by atoms with E-state index in [9.17, 15) is 13.2 Å². The Morgan fingerprint density at radius 3 is 2.42 bits per heavy atom. The third-order valence-corrected chi connectivity index (χ3v) is 1.33. The molecule has 3 N–H and O–H groups in total. The Labute approximate surface area is 66.8 Å². The van der Waals surface area contributed by atoms with Gasteiger partial charge in [0.15, 0.2) is 0 Å². The van der Waals surface area contributed by atoms with Crippen LogP contribution in [0.5, 0.6) is 0 Å². The van der Waals surface area contributed by atoms with Crippen molar-refractivity contribution in [3.63, 3.8) is 0 Å². The van der Waals surface area contributed by atoms with Gasteiger partial charge in [0.05, 0.1) is 12.2 Å². The normalized spacial score (nSPS) is 14.8. The summed E-state index contributed by atoms with van der Waals surface area (Å²) < 4.78 is 35.9. The highest BCUT2D eigenvalue weighted by Crippen LogP contribution is 2.27. The van der Waals surface area contributed by atoms with Crippen LogP contribution >= 0.6 is 0 Å². The van der Waals surface area contributed by atoms with Gasteiger partial charge in [-0.2, -0.15) is 13.2 Å². The van der Waals surface area contributed by atoms with Gasteiger partial charge >= 0.3 is 6.18 Å². The maximum atomic E-state index is 12.0. The fourth-order valence-electron chi connectivity index (χ4n) is 0.712. The van der Waals surface area contributed by atoms with Crippen LogP contribution in [0.2, 0.25) is 0 Å². The van der Waals surface area contributed by atoms with Crippen molar-refractivity contribution in [3.05, 3.63) is 17.7 Å². The lowest BCUT2D eigenvalue weighted by molar-refractivity contribution is -0.140. The van der Waals surface area contributed by atoms with Gasteiger partial charge in [-0.15, -0.1) is 0 Å². The van der Waals surface area contributed by atoms with E-state index in [1.165, 1.54) is 0 Å². The molecule has 1 unspecified atom stereocenters. The lowest BCUT2D eigenvalue weighted by atomic mass is 10.3. The minimum absolute atomic E-state index is 0.141. The van der Waals surface area contributed by atoms with Gasteiger partial charge in [0.1, 0.15) is 11.5 Å². The second kappa shape index (κ2) is 2.78. The van der Waals surface area contributed by atoms with E-state index < -0.39 is 17.9 Å². The quantitative estimate of drug-likeness (QED) is 0.685. The van der Waals surface area contributed by atoms with E-state index in [0.717, 1.165) is 6.20 Å². The maximum absolute atomic E-state index is 12.0. The van der Waals surface area contributed by atoms with Crippen LogP contribution in [0.1, 0.15) is 24.5 Å². The molecule has 1 aromatic heterocycles.